The molecule has 9 nitrogen and oxygen atoms in total. The van der Waals surface area contributed by atoms with Crippen molar-refractivity contribution in [1.82, 2.24) is 5.32 Å². The Morgan fingerprint density at radius 3 is 0.910 bits per heavy atom. The van der Waals surface area contributed by atoms with Gasteiger partial charge in [-0.15, -0.1) is 0 Å². The maximum absolute atomic E-state index is 13.1. The molecule has 6 N–H and O–H groups in total. The van der Waals surface area contributed by atoms with E-state index in [9.17, 15) is 30.3 Å². The highest BCUT2D eigenvalue weighted by molar-refractivity contribution is 5.76. The number of aliphatic hydroxyl groups excluding tert-OH is 5. The monoisotopic (exact) mass is 1110 g/mol. The second kappa shape index (κ2) is 59.4. The number of rotatable bonds is 63. The number of unbranched alkanes of at least 4 members (excludes halogenated alkanes) is 53. The molecule has 78 heavy (non-hydrogen) atoms. The van der Waals surface area contributed by atoms with Gasteiger partial charge in [0.2, 0.25) is 5.91 Å². The van der Waals surface area contributed by atoms with E-state index in [2.05, 4.69) is 19.2 Å². The van der Waals surface area contributed by atoms with E-state index in [0.717, 1.165) is 38.5 Å². The summed E-state index contributed by atoms with van der Waals surface area (Å²) < 4.78 is 11.3. The van der Waals surface area contributed by atoms with Gasteiger partial charge in [0.1, 0.15) is 24.4 Å². The van der Waals surface area contributed by atoms with Crippen molar-refractivity contribution in [2.75, 3.05) is 13.2 Å². The van der Waals surface area contributed by atoms with Crippen LogP contribution in [-0.4, -0.2) is 87.5 Å². The number of aliphatic hydroxyl groups is 5. The molecule has 1 aliphatic heterocycles. The summed E-state index contributed by atoms with van der Waals surface area (Å²) in [6.07, 6.45) is 67.8. The topological polar surface area (TPSA) is 149 Å². The molecule has 9 heteroatoms. The molecule has 7 atom stereocenters. The second-order valence-electron chi connectivity index (χ2n) is 25.0. The predicted molar refractivity (Wildman–Crippen MR) is 332 cm³/mol. The maximum Gasteiger partial charge on any atom is 0.220 e. The molecule has 0 bridgehead atoms. The summed E-state index contributed by atoms with van der Waals surface area (Å²) in [5, 5.41) is 54.7. The van der Waals surface area contributed by atoms with Crippen LogP contribution < -0.4 is 5.32 Å². The maximum atomic E-state index is 13.1. The molecule has 1 fully saturated rings. The molecular formula is C69H137NO8. The van der Waals surface area contributed by atoms with Crippen LogP contribution in [0, 0.1) is 0 Å². The number of amides is 1. The summed E-state index contributed by atoms with van der Waals surface area (Å²) >= 11 is 0. The van der Waals surface area contributed by atoms with Crippen molar-refractivity contribution >= 4 is 5.91 Å². The van der Waals surface area contributed by atoms with E-state index in [1.807, 2.05) is 0 Å². The Morgan fingerprint density at radius 1 is 0.385 bits per heavy atom. The highest BCUT2D eigenvalue weighted by Gasteiger charge is 2.44. The Hall–Kier alpha value is -0.810. The second-order valence-corrected chi connectivity index (χ2v) is 25.0. The van der Waals surface area contributed by atoms with Gasteiger partial charge in [-0.2, -0.15) is 0 Å². The van der Waals surface area contributed by atoms with E-state index in [4.69, 9.17) is 9.47 Å². The zero-order valence-electron chi connectivity index (χ0n) is 52.2. The average molecular weight is 1110 g/mol. The number of carbonyl (C=O) groups excluding carboxylic acids is 1. The van der Waals surface area contributed by atoms with Gasteiger partial charge in [0.05, 0.1) is 25.4 Å². The van der Waals surface area contributed by atoms with Crippen molar-refractivity contribution in [3.63, 3.8) is 0 Å². The van der Waals surface area contributed by atoms with Crippen LogP contribution in [-0.2, 0) is 14.3 Å². The van der Waals surface area contributed by atoms with Crippen molar-refractivity contribution < 1.29 is 39.8 Å². The summed E-state index contributed by atoms with van der Waals surface area (Å²) in [4.78, 5) is 13.1. The van der Waals surface area contributed by atoms with Gasteiger partial charge in [-0.05, 0) is 12.8 Å². The van der Waals surface area contributed by atoms with Crippen molar-refractivity contribution in [1.29, 1.82) is 0 Å². The quantitative estimate of drug-likeness (QED) is 0.0330. The first kappa shape index (κ1) is 75.2. The number of ether oxygens (including phenoxy) is 2. The summed E-state index contributed by atoms with van der Waals surface area (Å²) in [6, 6.07) is -0.714. The Labute approximate surface area is 484 Å². The molecule has 0 spiro atoms. The molecule has 0 saturated carbocycles. The van der Waals surface area contributed by atoms with E-state index < -0.39 is 49.5 Å². The van der Waals surface area contributed by atoms with Crippen molar-refractivity contribution in [3.05, 3.63) is 0 Å². The van der Waals surface area contributed by atoms with Crippen LogP contribution in [0.15, 0.2) is 0 Å². The molecule has 0 radical (unpaired) electrons. The van der Waals surface area contributed by atoms with Gasteiger partial charge in [-0.1, -0.05) is 361 Å². The summed E-state index contributed by atoms with van der Waals surface area (Å²) in [7, 11) is 0. The van der Waals surface area contributed by atoms with E-state index in [1.165, 1.54) is 315 Å². The third-order valence-electron chi connectivity index (χ3n) is 17.5. The molecule has 0 aromatic carbocycles. The van der Waals surface area contributed by atoms with Gasteiger partial charge in [0.25, 0.3) is 0 Å². The standard InChI is InChI=1S/C69H137NO8/c1-3-5-7-9-11-13-15-17-19-20-21-22-23-24-25-26-27-28-29-30-31-32-33-34-35-36-37-38-39-40-41-42-43-44-45-47-49-51-53-55-57-59-65(73)70-62(61-77-69-68(76)67(75)66(74)64(60-71)78-69)63(72)58-56-54-52-50-48-46-18-16-14-12-10-8-6-4-2/h62-64,66-69,71-72,74-76H,3-61H2,1-2H3,(H,70,73). The molecule has 1 amide bonds. The van der Waals surface area contributed by atoms with E-state index >= 15 is 0 Å². The molecule has 7 unspecified atom stereocenters. The zero-order valence-corrected chi connectivity index (χ0v) is 52.2. The van der Waals surface area contributed by atoms with Gasteiger partial charge in [-0.3, -0.25) is 4.79 Å². The largest absolute Gasteiger partial charge is 0.394 e. The van der Waals surface area contributed by atoms with E-state index in [0.29, 0.717) is 12.8 Å². The third-order valence-corrected chi connectivity index (χ3v) is 17.5. The first-order chi connectivity index (χ1) is 38.3. The average Bonchev–Trinajstić information content (AvgIpc) is 3.46. The van der Waals surface area contributed by atoms with Crippen molar-refractivity contribution in [3.8, 4) is 0 Å². The predicted octanol–water partition coefficient (Wildman–Crippen LogP) is 18.9. The van der Waals surface area contributed by atoms with Crippen LogP contribution in [0.5, 0.6) is 0 Å². The first-order valence-electron chi connectivity index (χ1n) is 35.2. The minimum atomic E-state index is -1.55. The zero-order chi connectivity index (χ0) is 56.5. The molecular weight excluding hydrogens is 971 g/mol. The fraction of sp³-hybridized carbons (Fsp3) is 0.986. The summed E-state index contributed by atoms with van der Waals surface area (Å²) in [5.41, 5.74) is 0. The van der Waals surface area contributed by atoms with Gasteiger partial charge in [-0.25, -0.2) is 0 Å². The van der Waals surface area contributed by atoms with Crippen LogP contribution in [0.2, 0.25) is 0 Å². The van der Waals surface area contributed by atoms with Crippen LogP contribution in [0.1, 0.15) is 380 Å². The molecule has 1 rings (SSSR count). The third kappa shape index (κ3) is 47.7. The van der Waals surface area contributed by atoms with Crippen LogP contribution >= 0.6 is 0 Å². The van der Waals surface area contributed by atoms with Crippen LogP contribution in [0.4, 0.5) is 0 Å². The lowest BCUT2D eigenvalue weighted by Gasteiger charge is -2.40. The Balaban J connectivity index is 1.97. The van der Waals surface area contributed by atoms with Crippen molar-refractivity contribution in [2.24, 2.45) is 0 Å². The summed E-state index contributed by atoms with van der Waals surface area (Å²) in [6.45, 7) is 3.89. The van der Waals surface area contributed by atoms with E-state index in [-0.39, 0.29) is 12.5 Å². The number of hydrogen-bond acceptors (Lipinski definition) is 8. The molecule has 466 valence electrons. The van der Waals surface area contributed by atoms with Gasteiger partial charge < -0.3 is 40.3 Å². The lowest BCUT2D eigenvalue weighted by Crippen LogP contribution is -2.60. The lowest BCUT2D eigenvalue weighted by molar-refractivity contribution is -0.302. The smallest absolute Gasteiger partial charge is 0.220 e. The molecule has 0 aromatic rings. The van der Waals surface area contributed by atoms with E-state index in [1.54, 1.807) is 0 Å². The lowest BCUT2D eigenvalue weighted by atomic mass is 9.99. The highest BCUT2D eigenvalue weighted by Crippen LogP contribution is 2.24. The van der Waals surface area contributed by atoms with Gasteiger partial charge in [0.15, 0.2) is 6.29 Å². The highest BCUT2D eigenvalue weighted by atomic mass is 16.7. The SMILES string of the molecule is CCCCCCCCCCCCCCCCCCCCCCCCCCCCCCCCCCCCCCCCCCCC(=O)NC(COC1OC(CO)C(O)C(O)C1O)C(O)CCCCCCCCCCCCCCCC. The molecule has 1 heterocycles. The number of carbonyl (C=O) groups is 1. The van der Waals surface area contributed by atoms with Crippen molar-refractivity contribution in [2.45, 2.75) is 423 Å². The minimum absolute atomic E-state index is 0.131. The molecule has 0 aliphatic carbocycles. The summed E-state index contributed by atoms with van der Waals surface area (Å²) in [5.74, 6) is -0.135. The van der Waals surface area contributed by atoms with Gasteiger partial charge in [0, 0.05) is 6.42 Å². The molecule has 1 aliphatic rings. The molecule has 1 saturated heterocycles. The van der Waals surface area contributed by atoms with Crippen LogP contribution in [0.3, 0.4) is 0 Å². The Kier molecular flexibility index (Phi) is 57.2. The number of hydrogen-bond donors (Lipinski definition) is 6. The fourth-order valence-corrected chi connectivity index (χ4v) is 11.9. The Bertz CT molecular complexity index is 1190. The first-order valence-corrected chi connectivity index (χ1v) is 35.2. The normalized spacial score (nSPS) is 18.5. The fourth-order valence-electron chi connectivity index (χ4n) is 11.9. The number of nitrogens with one attached hydrogen (secondary N) is 1. The Morgan fingerprint density at radius 2 is 0.641 bits per heavy atom. The van der Waals surface area contributed by atoms with Crippen LogP contribution in [0.25, 0.3) is 0 Å². The minimum Gasteiger partial charge on any atom is -0.394 e. The van der Waals surface area contributed by atoms with Gasteiger partial charge >= 0.3 is 0 Å². The molecule has 0 aromatic heterocycles.